The molecule has 6 heteroatoms. The van der Waals surface area contributed by atoms with Crippen LogP contribution in [0.3, 0.4) is 0 Å². The minimum atomic E-state index is -0.342. The van der Waals surface area contributed by atoms with Crippen LogP contribution in [0.1, 0.15) is 71.7 Å². The lowest BCUT2D eigenvalue weighted by Crippen LogP contribution is -2.45. The summed E-state index contributed by atoms with van der Waals surface area (Å²) >= 11 is 0. The second-order valence-electron chi connectivity index (χ2n) is 10.2. The fraction of sp³-hybridized carbons (Fsp3) is 0.609. The number of carbonyl (C=O) groups is 3. The van der Waals surface area contributed by atoms with Crippen molar-refractivity contribution in [1.29, 1.82) is 0 Å². The van der Waals surface area contributed by atoms with E-state index < -0.39 is 0 Å². The highest BCUT2D eigenvalue weighted by atomic mass is 16.2. The molecule has 0 spiro atoms. The molecule has 1 unspecified atom stereocenters. The Balaban J connectivity index is 1.95. The molecule has 1 aromatic carbocycles. The molecule has 2 rings (SSSR count). The number of rotatable bonds is 6. The van der Waals surface area contributed by atoms with Crippen LogP contribution in [0.15, 0.2) is 24.3 Å². The van der Waals surface area contributed by atoms with Gasteiger partial charge in [-0.25, -0.2) is 0 Å². The molecule has 6 nitrogen and oxygen atoms in total. The Labute approximate surface area is 174 Å². The average Bonchev–Trinajstić information content (AvgIpc) is 2.95. The van der Waals surface area contributed by atoms with Crippen LogP contribution >= 0.6 is 0 Å². The number of carbonyl (C=O) groups excluding carboxylic acids is 3. The van der Waals surface area contributed by atoms with Crippen molar-refractivity contribution in [2.45, 2.75) is 72.9 Å². The summed E-state index contributed by atoms with van der Waals surface area (Å²) in [6, 6.07) is 6.96. The summed E-state index contributed by atoms with van der Waals surface area (Å²) in [5, 5.41) is 5.94. The molecule has 1 aromatic rings. The summed E-state index contributed by atoms with van der Waals surface area (Å²) < 4.78 is 0. The molecule has 160 valence electrons. The van der Waals surface area contributed by atoms with Crippen LogP contribution in [0, 0.1) is 11.3 Å². The zero-order chi connectivity index (χ0) is 22.0. The lowest BCUT2D eigenvalue weighted by atomic mass is 9.81. The summed E-state index contributed by atoms with van der Waals surface area (Å²) in [4.78, 5) is 38.8. The number of nitrogens with zero attached hydrogens (tertiary/aromatic N) is 1. The number of anilines is 1. The smallest absolute Gasteiger partial charge is 0.251 e. The van der Waals surface area contributed by atoms with Gasteiger partial charge in [-0.2, -0.15) is 0 Å². The van der Waals surface area contributed by atoms with Crippen molar-refractivity contribution >= 4 is 23.4 Å². The van der Waals surface area contributed by atoms with Gasteiger partial charge in [0.05, 0.1) is 5.92 Å². The molecule has 1 fully saturated rings. The zero-order valence-corrected chi connectivity index (χ0v) is 18.8. The average molecular weight is 402 g/mol. The van der Waals surface area contributed by atoms with Crippen molar-refractivity contribution in [3.63, 3.8) is 0 Å². The van der Waals surface area contributed by atoms with Crippen LogP contribution in [0.2, 0.25) is 0 Å². The third-order valence-corrected chi connectivity index (χ3v) is 4.99. The summed E-state index contributed by atoms with van der Waals surface area (Å²) in [6.07, 6.45) is 1.10. The lowest BCUT2D eigenvalue weighted by Gasteiger charge is -2.33. The number of benzene rings is 1. The molecule has 1 saturated heterocycles. The number of amides is 3. The first-order valence-electron chi connectivity index (χ1n) is 10.3. The standard InChI is InChI=1S/C23H35N3O3/c1-15(2)26-13-17(12-19(26)27)20(28)24-18-10-8-16(9-11-18)21(29)25-23(6,7)14-22(3,4)5/h8-11,15,17H,12-14H2,1-7H3,(H,24,28)(H,25,29). The van der Waals surface area contributed by atoms with Crippen LogP contribution in [0.5, 0.6) is 0 Å². The van der Waals surface area contributed by atoms with Crippen molar-refractivity contribution in [3.8, 4) is 0 Å². The normalized spacial score (nSPS) is 17.6. The van der Waals surface area contributed by atoms with Crippen LogP contribution in [0.25, 0.3) is 0 Å². The van der Waals surface area contributed by atoms with E-state index in [1.165, 1.54) is 0 Å². The molecule has 0 saturated carbocycles. The van der Waals surface area contributed by atoms with Gasteiger partial charge in [0.2, 0.25) is 11.8 Å². The van der Waals surface area contributed by atoms with Gasteiger partial charge in [-0.05, 0) is 63.8 Å². The van der Waals surface area contributed by atoms with Crippen molar-refractivity contribution in [2.24, 2.45) is 11.3 Å². The number of hydrogen-bond acceptors (Lipinski definition) is 3. The van der Waals surface area contributed by atoms with Crippen LogP contribution in [-0.4, -0.2) is 40.7 Å². The summed E-state index contributed by atoms with van der Waals surface area (Å²) in [5.74, 6) is -0.618. The number of hydrogen-bond donors (Lipinski definition) is 2. The fourth-order valence-corrected chi connectivity index (χ4v) is 4.11. The van der Waals surface area contributed by atoms with Gasteiger partial charge in [0, 0.05) is 35.8 Å². The van der Waals surface area contributed by atoms with E-state index in [9.17, 15) is 14.4 Å². The van der Waals surface area contributed by atoms with Crippen molar-refractivity contribution in [2.75, 3.05) is 11.9 Å². The predicted octanol–water partition coefficient (Wildman–Crippen LogP) is 3.83. The summed E-state index contributed by atoms with van der Waals surface area (Å²) in [5.41, 5.74) is 0.958. The minimum absolute atomic E-state index is 0.0186. The Morgan fingerprint density at radius 2 is 1.69 bits per heavy atom. The van der Waals surface area contributed by atoms with Crippen LogP contribution in [-0.2, 0) is 9.59 Å². The maximum absolute atomic E-state index is 12.6. The number of nitrogens with one attached hydrogen (secondary N) is 2. The monoisotopic (exact) mass is 401 g/mol. The molecule has 1 aliphatic rings. The molecular formula is C23H35N3O3. The molecule has 0 aromatic heterocycles. The first-order valence-corrected chi connectivity index (χ1v) is 10.3. The van der Waals surface area contributed by atoms with E-state index in [2.05, 4.69) is 31.4 Å². The third-order valence-electron chi connectivity index (χ3n) is 4.99. The molecule has 3 amide bonds. The Morgan fingerprint density at radius 3 is 2.17 bits per heavy atom. The van der Waals surface area contributed by atoms with Gasteiger partial charge in [0.1, 0.15) is 0 Å². The van der Waals surface area contributed by atoms with E-state index >= 15 is 0 Å². The molecular weight excluding hydrogens is 366 g/mol. The molecule has 0 bridgehead atoms. The third kappa shape index (κ3) is 6.58. The summed E-state index contributed by atoms with van der Waals surface area (Å²) in [7, 11) is 0. The first kappa shape index (κ1) is 22.9. The quantitative estimate of drug-likeness (QED) is 0.760. The van der Waals surface area contributed by atoms with Gasteiger partial charge < -0.3 is 15.5 Å². The van der Waals surface area contributed by atoms with Crippen LogP contribution in [0.4, 0.5) is 5.69 Å². The lowest BCUT2D eigenvalue weighted by molar-refractivity contribution is -0.129. The first-order chi connectivity index (χ1) is 13.3. The van der Waals surface area contributed by atoms with Crippen LogP contribution < -0.4 is 10.6 Å². The second kappa shape index (κ2) is 8.56. The highest BCUT2D eigenvalue weighted by molar-refractivity contribution is 5.98. The Bertz CT molecular complexity index is 761. The molecule has 1 atom stereocenters. The number of likely N-dealkylation sites (tertiary alicyclic amines) is 1. The molecule has 1 heterocycles. The van der Waals surface area contributed by atoms with E-state index in [1.807, 2.05) is 27.7 Å². The zero-order valence-electron chi connectivity index (χ0n) is 18.8. The van der Waals surface area contributed by atoms with Gasteiger partial charge in [0.15, 0.2) is 0 Å². The van der Waals surface area contributed by atoms with Gasteiger partial charge in [0.25, 0.3) is 5.91 Å². The van der Waals surface area contributed by atoms with E-state index in [0.717, 1.165) is 6.42 Å². The van der Waals surface area contributed by atoms with Gasteiger partial charge >= 0.3 is 0 Å². The van der Waals surface area contributed by atoms with Gasteiger partial charge in [-0.1, -0.05) is 20.8 Å². The van der Waals surface area contributed by atoms with Crippen molar-refractivity contribution in [1.82, 2.24) is 10.2 Å². The van der Waals surface area contributed by atoms with E-state index in [-0.39, 0.29) is 47.1 Å². The van der Waals surface area contributed by atoms with E-state index in [1.54, 1.807) is 29.2 Å². The molecule has 0 radical (unpaired) electrons. The Kier molecular flexibility index (Phi) is 6.76. The van der Waals surface area contributed by atoms with Gasteiger partial charge in [-0.3, -0.25) is 14.4 Å². The second-order valence-corrected chi connectivity index (χ2v) is 10.2. The minimum Gasteiger partial charge on any atom is -0.347 e. The Morgan fingerprint density at radius 1 is 1.10 bits per heavy atom. The predicted molar refractivity (Wildman–Crippen MR) is 116 cm³/mol. The highest BCUT2D eigenvalue weighted by Crippen LogP contribution is 2.27. The molecule has 1 aliphatic heterocycles. The SMILES string of the molecule is CC(C)N1CC(C(=O)Nc2ccc(C(=O)NC(C)(C)CC(C)(C)C)cc2)CC1=O. The fourth-order valence-electron chi connectivity index (χ4n) is 4.11. The topological polar surface area (TPSA) is 78.5 Å². The molecule has 2 N–H and O–H groups in total. The summed E-state index contributed by atoms with van der Waals surface area (Å²) in [6.45, 7) is 14.8. The Hall–Kier alpha value is -2.37. The van der Waals surface area contributed by atoms with E-state index in [0.29, 0.717) is 17.8 Å². The largest absolute Gasteiger partial charge is 0.347 e. The maximum atomic E-state index is 12.6. The highest BCUT2D eigenvalue weighted by Gasteiger charge is 2.35. The molecule has 0 aliphatic carbocycles. The molecule has 29 heavy (non-hydrogen) atoms. The maximum Gasteiger partial charge on any atom is 0.251 e. The van der Waals surface area contributed by atoms with E-state index in [4.69, 9.17) is 0 Å². The van der Waals surface area contributed by atoms with Crippen molar-refractivity contribution in [3.05, 3.63) is 29.8 Å². The van der Waals surface area contributed by atoms with Gasteiger partial charge in [-0.15, -0.1) is 0 Å². The van der Waals surface area contributed by atoms with Crippen molar-refractivity contribution < 1.29 is 14.4 Å².